The topological polar surface area (TPSA) is 54.9 Å². The van der Waals surface area contributed by atoms with Crippen LogP contribution in [-0.4, -0.2) is 22.4 Å². The fourth-order valence-corrected chi connectivity index (χ4v) is 3.15. The van der Waals surface area contributed by atoms with Crippen LogP contribution in [0.1, 0.15) is 23.7 Å². The molecule has 2 heterocycles. The van der Waals surface area contributed by atoms with Crippen LogP contribution in [0.4, 0.5) is 0 Å². The van der Waals surface area contributed by atoms with Gasteiger partial charge in [0.2, 0.25) is 0 Å². The van der Waals surface area contributed by atoms with Crippen molar-refractivity contribution in [2.75, 3.05) is 6.54 Å². The number of nitrogens with zero attached hydrogens (tertiary/aromatic N) is 2. The fraction of sp³-hybridized carbons (Fsp3) is 0.136. The van der Waals surface area contributed by atoms with E-state index in [4.69, 9.17) is 4.98 Å². The van der Waals surface area contributed by atoms with Gasteiger partial charge < -0.3 is 5.32 Å². The first-order valence-electron chi connectivity index (χ1n) is 8.79. The molecule has 26 heavy (non-hydrogen) atoms. The number of aromatic nitrogens is 2. The number of amides is 1. The average Bonchev–Trinajstić information content (AvgIpc) is 2.71. The van der Waals surface area contributed by atoms with Crippen molar-refractivity contribution in [2.24, 2.45) is 0 Å². The third-order valence-corrected chi connectivity index (χ3v) is 4.44. The maximum atomic E-state index is 12.3. The molecule has 4 heteroatoms. The molecule has 0 aliphatic carbocycles. The highest BCUT2D eigenvalue weighted by Gasteiger charge is 2.12. The zero-order chi connectivity index (χ0) is 17.9. The minimum atomic E-state index is -0.0666. The summed E-state index contributed by atoms with van der Waals surface area (Å²) in [6, 6.07) is 17.8. The number of benzene rings is 2. The number of hydrogen-bond acceptors (Lipinski definition) is 3. The average molecular weight is 341 g/mol. The maximum Gasteiger partial charge on any atom is 0.251 e. The normalized spacial score (nSPS) is 11.0. The van der Waals surface area contributed by atoms with Crippen molar-refractivity contribution in [2.45, 2.75) is 13.3 Å². The summed E-state index contributed by atoms with van der Waals surface area (Å²) in [6.45, 7) is 2.70. The van der Waals surface area contributed by atoms with E-state index >= 15 is 0 Å². The predicted molar refractivity (Wildman–Crippen MR) is 105 cm³/mol. The number of carbonyl (C=O) groups excluding carboxylic acids is 1. The lowest BCUT2D eigenvalue weighted by Crippen LogP contribution is -2.23. The number of carbonyl (C=O) groups is 1. The number of fused-ring (bicyclic) bond motifs is 3. The third-order valence-electron chi connectivity index (χ3n) is 4.44. The van der Waals surface area contributed by atoms with Gasteiger partial charge >= 0.3 is 0 Å². The molecule has 2 aromatic carbocycles. The number of nitrogens with one attached hydrogen (secondary N) is 1. The summed E-state index contributed by atoms with van der Waals surface area (Å²) in [4.78, 5) is 21.5. The number of rotatable bonds is 4. The van der Waals surface area contributed by atoms with Crippen LogP contribution in [-0.2, 0) is 0 Å². The summed E-state index contributed by atoms with van der Waals surface area (Å²) >= 11 is 0. The van der Waals surface area contributed by atoms with E-state index in [9.17, 15) is 4.79 Å². The van der Waals surface area contributed by atoms with Gasteiger partial charge in [-0.1, -0.05) is 43.3 Å². The van der Waals surface area contributed by atoms with E-state index in [0.717, 1.165) is 39.4 Å². The summed E-state index contributed by atoms with van der Waals surface area (Å²) in [5.41, 5.74) is 3.38. The molecule has 0 bridgehead atoms. The highest BCUT2D eigenvalue weighted by molar-refractivity contribution is 6.11. The van der Waals surface area contributed by atoms with E-state index in [1.165, 1.54) is 0 Å². The fourth-order valence-electron chi connectivity index (χ4n) is 3.15. The van der Waals surface area contributed by atoms with Crippen molar-refractivity contribution < 1.29 is 4.79 Å². The quantitative estimate of drug-likeness (QED) is 0.552. The van der Waals surface area contributed by atoms with E-state index < -0.39 is 0 Å². The Bertz CT molecular complexity index is 1090. The smallest absolute Gasteiger partial charge is 0.251 e. The minimum Gasteiger partial charge on any atom is -0.352 e. The van der Waals surface area contributed by atoms with Crippen LogP contribution in [0.15, 0.2) is 67.0 Å². The molecule has 0 atom stereocenters. The Morgan fingerprint density at radius 2 is 1.85 bits per heavy atom. The zero-order valence-corrected chi connectivity index (χ0v) is 14.6. The number of pyridine rings is 2. The van der Waals surface area contributed by atoms with Gasteiger partial charge in [0, 0.05) is 46.2 Å². The second kappa shape index (κ2) is 6.92. The van der Waals surface area contributed by atoms with E-state index in [0.29, 0.717) is 12.1 Å². The molecule has 0 aliphatic heterocycles. The Labute approximate surface area is 151 Å². The maximum absolute atomic E-state index is 12.3. The van der Waals surface area contributed by atoms with Crippen LogP contribution >= 0.6 is 0 Å². The summed E-state index contributed by atoms with van der Waals surface area (Å²) in [5, 5.41) is 6.01. The summed E-state index contributed by atoms with van der Waals surface area (Å²) in [6.07, 6.45) is 4.56. The molecule has 1 N–H and O–H groups in total. The first-order chi connectivity index (χ1) is 12.8. The molecular formula is C22H19N3O. The van der Waals surface area contributed by atoms with Crippen LogP contribution in [0.3, 0.4) is 0 Å². The summed E-state index contributed by atoms with van der Waals surface area (Å²) in [7, 11) is 0. The molecule has 0 saturated carbocycles. The Kier molecular flexibility index (Phi) is 4.32. The molecule has 0 aliphatic rings. The van der Waals surface area contributed by atoms with Gasteiger partial charge in [-0.15, -0.1) is 0 Å². The van der Waals surface area contributed by atoms with Crippen molar-refractivity contribution in [3.63, 3.8) is 0 Å². The van der Waals surface area contributed by atoms with Crippen molar-refractivity contribution in [3.05, 3.63) is 72.6 Å². The molecular weight excluding hydrogens is 322 g/mol. The molecule has 1 amide bonds. The first-order valence-corrected chi connectivity index (χ1v) is 8.79. The van der Waals surface area contributed by atoms with Crippen LogP contribution in [0, 0.1) is 0 Å². The molecule has 4 rings (SSSR count). The van der Waals surface area contributed by atoms with Crippen molar-refractivity contribution in [3.8, 4) is 11.3 Å². The van der Waals surface area contributed by atoms with E-state index in [2.05, 4.69) is 10.3 Å². The second-order valence-electron chi connectivity index (χ2n) is 6.24. The van der Waals surface area contributed by atoms with Gasteiger partial charge in [-0.3, -0.25) is 9.78 Å². The molecule has 0 saturated heterocycles. The molecule has 0 spiro atoms. The van der Waals surface area contributed by atoms with Gasteiger partial charge in [-0.25, -0.2) is 4.98 Å². The van der Waals surface area contributed by atoms with Gasteiger partial charge in [0.1, 0.15) is 0 Å². The largest absolute Gasteiger partial charge is 0.352 e. The standard InChI is InChI=1S/C22H19N3O/c1-2-11-24-22(26)16-8-9-17-19-14-23-12-10-18(19)21(25-20(17)13-16)15-6-4-3-5-7-15/h3-10,12-14H,2,11H2,1H3,(H,24,26). The van der Waals surface area contributed by atoms with E-state index in [1.807, 2.05) is 67.7 Å². The Morgan fingerprint density at radius 3 is 2.65 bits per heavy atom. The van der Waals surface area contributed by atoms with Crippen LogP contribution in [0.25, 0.3) is 32.9 Å². The van der Waals surface area contributed by atoms with E-state index in [1.54, 1.807) is 6.20 Å². The van der Waals surface area contributed by atoms with Gasteiger partial charge in [-0.05, 0) is 24.6 Å². The molecule has 0 unspecified atom stereocenters. The lowest BCUT2D eigenvalue weighted by Gasteiger charge is -2.11. The number of hydrogen-bond donors (Lipinski definition) is 1. The van der Waals surface area contributed by atoms with Crippen LogP contribution < -0.4 is 5.32 Å². The zero-order valence-electron chi connectivity index (χ0n) is 14.6. The van der Waals surface area contributed by atoms with E-state index in [-0.39, 0.29) is 5.91 Å². The molecule has 128 valence electrons. The summed E-state index contributed by atoms with van der Waals surface area (Å²) in [5.74, 6) is -0.0666. The second-order valence-corrected chi connectivity index (χ2v) is 6.24. The Hall–Kier alpha value is -3.27. The van der Waals surface area contributed by atoms with Crippen LogP contribution in [0.2, 0.25) is 0 Å². The SMILES string of the molecule is CCCNC(=O)c1ccc2c(c1)nc(-c1ccccc1)c1ccncc12. The van der Waals surface area contributed by atoms with Gasteiger partial charge in [0.15, 0.2) is 0 Å². The van der Waals surface area contributed by atoms with Crippen molar-refractivity contribution in [1.29, 1.82) is 0 Å². The Morgan fingerprint density at radius 1 is 1.00 bits per heavy atom. The van der Waals surface area contributed by atoms with Crippen LogP contribution in [0.5, 0.6) is 0 Å². The van der Waals surface area contributed by atoms with Gasteiger partial charge in [0.25, 0.3) is 5.91 Å². The highest BCUT2D eigenvalue weighted by Crippen LogP contribution is 2.32. The predicted octanol–water partition coefficient (Wildman–Crippen LogP) is 4.59. The molecule has 2 aromatic heterocycles. The monoisotopic (exact) mass is 341 g/mol. The minimum absolute atomic E-state index is 0.0666. The molecule has 4 nitrogen and oxygen atoms in total. The lowest BCUT2D eigenvalue weighted by molar-refractivity contribution is 0.0954. The van der Waals surface area contributed by atoms with Crippen molar-refractivity contribution in [1.82, 2.24) is 15.3 Å². The third kappa shape index (κ3) is 2.90. The Balaban J connectivity index is 1.94. The molecule has 0 fully saturated rings. The summed E-state index contributed by atoms with van der Waals surface area (Å²) < 4.78 is 0. The van der Waals surface area contributed by atoms with Crippen molar-refractivity contribution >= 4 is 27.6 Å². The first kappa shape index (κ1) is 16.2. The lowest BCUT2D eigenvalue weighted by atomic mass is 10.0. The van der Waals surface area contributed by atoms with Gasteiger partial charge in [-0.2, -0.15) is 0 Å². The van der Waals surface area contributed by atoms with Gasteiger partial charge in [0.05, 0.1) is 11.2 Å². The molecule has 0 radical (unpaired) electrons. The highest BCUT2D eigenvalue weighted by atomic mass is 16.1. The molecule has 4 aromatic rings.